The van der Waals surface area contributed by atoms with Crippen LogP contribution in [-0.4, -0.2) is 30.6 Å². The van der Waals surface area contributed by atoms with Crippen LogP contribution < -0.4 is 4.74 Å². The minimum Gasteiger partial charge on any atom is -0.507 e. The molecule has 0 saturated carbocycles. The minimum absolute atomic E-state index is 0.0686. The van der Waals surface area contributed by atoms with Gasteiger partial charge in [-0.15, -0.1) is 0 Å². The number of rotatable bonds is 15. The maximum Gasteiger partial charge on any atom is 0.305 e. The van der Waals surface area contributed by atoms with Crippen molar-refractivity contribution in [2.75, 3.05) is 13.7 Å². The second kappa shape index (κ2) is 14.0. The first-order chi connectivity index (χ1) is 13.5. The SMILES string of the molecule is CCCc1c(OCCCCCCCCCCC(=O)OC)ccc(C(C)=O)c1O. The molecule has 1 aromatic rings. The molecule has 0 bridgehead atoms. The van der Waals surface area contributed by atoms with Gasteiger partial charge in [0.1, 0.15) is 11.5 Å². The monoisotopic (exact) mass is 392 g/mol. The van der Waals surface area contributed by atoms with Crippen molar-refractivity contribution in [3.8, 4) is 11.5 Å². The molecular formula is C23H36O5. The Kier molecular flexibility index (Phi) is 12.0. The number of carbonyl (C=O) groups excluding carboxylic acids is 2. The Morgan fingerprint density at radius 3 is 2.14 bits per heavy atom. The highest BCUT2D eigenvalue weighted by Crippen LogP contribution is 2.33. The zero-order valence-corrected chi connectivity index (χ0v) is 17.7. The first-order valence-corrected chi connectivity index (χ1v) is 10.6. The molecule has 28 heavy (non-hydrogen) atoms. The van der Waals surface area contributed by atoms with Gasteiger partial charge in [0.2, 0.25) is 0 Å². The number of Topliss-reactive ketones (excluding diaryl/α,β-unsaturated/α-hetero) is 1. The van der Waals surface area contributed by atoms with Crippen LogP contribution in [0.1, 0.15) is 94.0 Å². The molecule has 0 atom stereocenters. The number of hydrogen-bond acceptors (Lipinski definition) is 5. The number of unbranched alkanes of at least 4 members (excludes halogenated alkanes) is 7. The van der Waals surface area contributed by atoms with E-state index in [-0.39, 0.29) is 17.5 Å². The fourth-order valence-corrected chi connectivity index (χ4v) is 3.24. The van der Waals surface area contributed by atoms with Crippen molar-refractivity contribution in [2.24, 2.45) is 0 Å². The maximum atomic E-state index is 11.6. The van der Waals surface area contributed by atoms with Gasteiger partial charge in [-0.1, -0.05) is 51.9 Å². The van der Waals surface area contributed by atoms with Crippen LogP contribution >= 0.6 is 0 Å². The van der Waals surface area contributed by atoms with Gasteiger partial charge in [0.05, 0.1) is 19.3 Å². The first-order valence-electron chi connectivity index (χ1n) is 10.6. The average Bonchev–Trinajstić information content (AvgIpc) is 2.67. The van der Waals surface area contributed by atoms with Gasteiger partial charge in [-0.05, 0) is 38.3 Å². The molecule has 0 aliphatic heterocycles. The van der Waals surface area contributed by atoms with Gasteiger partial charge in [-0.2, -0.15) is 0 Å². The molecule has 0 amide bonds. The van der Waals surface area contributed by atoms with Crippen LogP contribution in [0.4, 0.5) is 0 Å². The lowest BCUT2D eigenvalue weighted by Gasteiger charge is -2.14. The van der Waals surface area contributed by atoms with Crippen molar-refractivity contribution < 1.29 is 24.2 Å². The quantitative estimate of drug-likeness (QED) is 0.239. The fraction of sp³-hybridized carbons (Fsp3) is 0.652. The minimum atomic E-state index is -0.133. The molecular weight excluding hydrogens is 356 g/mol. The lowest BCUT2D eigenvalue weighted by Crippen LogP contribution is -2.03. The Labute approximate surface area is 169 Å². The number of ether oxygens (including phenoxy) is 2. The Morgan fingerprint density at radius 1 is 0.964 bits per heavy atom. The molecule has 0 radical (unpaired) electrons. The summed E-state index contributed by atoms with van der Waals surface area (Å²) in [6.07, 6.45) is 10.9. The van der Waals surface area contributed by atoms with Crippen LogP contribution in [0, 0.1) is 0 Å². The molecule has 1 rings (SSSR count). The van der Waals surface area contributed by atoms with E-state index in [1.165, 1.54) is 33.3 Å². The maximum absolute atomic E-state index is 11.6. The Balaban J connectivity index is 2.22. The zero-order chi connectivity index (χ0) is 20.8. The van der Waals surface area contributed by atoms with Gasteiger partial charge in [0.25, 0.3) is 0 Å². The van der Waals surface area contributed by atoms with E-state index in [1.54, 1.807) is 12.1 Å². The lowest BCUT2D eigenvalue weighted by molar-refractivity contribution is -0.140. The summed E-state index contributed by atoms with van der Waals surface area (Å²) in [7, 11) is 1.43. The van der Waals surface area contributed by atoms with Crippen LogP contribution in [-0.2, 0) is 16.0 Å². The normalized spacial score (nSPS) is 10.7. The zero-order valence-electron chi connectivity index (χ0n) is 17.7. The Morgan fingerprint density at radius 2 is 1.57 bits per heavy atom. The number of ketones is 1. The summed E-state index contributed by atoms with van der Waals surface area (Å²) in [5.74, 6) is 0.507. The second-order valence-electron chi connectivity index (χ2n) is 7.25. The van der Waals surface area contributed by atoms with Gasteiger partial charge < -0.3 is 14.6 Å². The molecule has 1 aromatic carbocycles. The van der Waals surface area contributed by atoms with Gasteiger partial charge in [-0.3, -0.25) is 9.59 Å². The summed E-state index contributed by atoms with van der Waals surface area (Å²) in [5.41, 5.74) is 1.10. The van der Waals surface area contributed by atoms with Crippen LogP contribution in [0.25, 0.3) is 0 Å². The number of carbonyl (C=O) groups is 2. The largest absolute Gasteiger partial charge is 0.507 e. The Bertz CT molecular complexity index is 609. The van der Waals surface area contributed by atoms with E-state index >= 15 is 0 Å². The molecule has 0 fully saturated rings. The van der Waals surface area contributed by atoms with Crippen LogP contribution in [0.3, 0.4) is 0 Å². The van der Waals surface area contributed by atoms with Gasteiger partial charge >= 0.3 is 5.97 Å². The van der Waals surface area contributed by atoms with Gasteiger partial charge in [-0.25, -0.2) is 0 Å². The third kappa shape index (κ3) is 8.77. The first kappa shape index (κ1) is 24.0. The van der Waals surface area contributed by atoms with Crippen molar-refractivity contribution in [3.63, 3.8) is 0 Å². The molecule has 0 unspecified atom stereocenters. The molecule has 0 spiro atoms. The van der Waals surface area contributed by atoms with Gasteiger partial charge in [0, 0.05) is 12.0 Å². The number of methoxy groups -OCH3 is 1. The molecule has 5 heteroatoms. The second-order valence-corrected chi connectivity index (χ2v) is 7.25. The fourth-order valence-electron chi connectivity index (χ4n) is 3.24. The van der Waals surface area contributed by atoms with Crippen LogP contribution in [0.2, 0.25) is 0 Å². The highest BCUT2D eigenvalue weighted by Gasteiger charge is 2.15. The highest BCUT2D eigenvalue weighted by atomic mass is 16.5. The standard InChI is InChI=1S/C23H36O5/c1-4-13-20-21(16-15-19(18(2)24)23(20)26)28-17-12-10-8-6-5-7-9-11-14-22(25)27-3/h15-16,26H,4-14,17H2,1-3H3. The molecule has 0 aromatic heterocycles. The predicted octanol–water partition coefficient (Wildman–Crippen LogP) is 5.61. The molecule has 0 aliphatic carbocycles. The van der Waals surface area contributed by atoms with E-state index in [0.717, 1.165) is 44.1 Å². The van der Waals surface area contributed by atoms with Crippen molar-refractivity contribution in [1.29, 1.82) is 0 Å². The van der Waals surface area contributed by atoms with Gasteiger partial charge in [0.15, 0.2) is 5.78 Å². The topological polar surface area (TPSA) is 72.8 Å². The number of phenolic OH excluding ortho intramolecular Hbond substituents is 1. The summed E-state index contributed by atoms with van der Waals surface area (Å²) in [4.78, 5) is 22.6. The highest BCUT2D eigenvalue weighted by molar-refractivity contribution is 5.97. The number of aromatic hydroxyl groups is 1. The van der Waals surface area contributed by atoms with E-state index in [4.69, 9.17) is 4.74 Å². The van der Waals surface area contributed by atoms with Crippen molar-refractivity contribution in [3.05, 3.63) is 23.3 Å². The summed E-state index contributed by atoms with van der Waals surface area (Å²) in [5, 5.41) is 10.4. The molecule has 1 N–H and O–H groups in total. The summed E-state index contributed by atoms with van der Waals surface area (Å²) in [6.45, 7) is 4.12. The molecule has 0 aliphatic rings. The average molecular weight is 393 g/mol. The number of benzene rings is 1. The summed E-state index contributed by atoms with van der Waals surface area (Å²) in [6, 6.07) is 3.45. The third-order valence-corrected chi connectivity index (χ3v) is 4.88. The van der Waals surface area contributed by atoms with E-state index < -0.39 is 0 Å². The molecule has 158 valence electrons. The van der Waals surface area contributed by atoms with E-state index in [1.807, 2.05) is 6.92 Å². The van der Waals surface area contributed by atoms with E-state index in [9.17, 15) is 14.7 Å². The predicted molar refractivity (Wildman–Crippen MR) is 111 cm³/mol. The van der Waals surface area contributed by atoms with E-state index in [0.29, 0.717) is 30.8 Å². The molecule has 5 nitrogen and oxygen atoms in total. The van der Waals surface area contributed by atoms with Crippen LogP contribution in [0.5, 0.6) is 11.5 Å². The summed E-state index contributed by atoms with van der Waals surface area (Å²) < 4.78 is 10.5. The third-order valence-electron chi connectivity index (χ3n) is 4.88. The number of esters is 1. The van der Waals surface area contributed by atoms with Crippen molar-refractivity contribution in [1.82, 2.24) is 0 Å². The van der Waals surface area contributed by atoms with E-state index in [2.05, 4.69) is 4.74 Å². The molecule has 0 saturated heterocycles. The Hall–Kier alpha value is -2.04. The van der Waals surface area contributed by atoms with Crippen molar-refractivity contribution >= 4 is 11.8 Å². The summed E-state index contributed by atoms with van der Waals surface area (Å²) >= 11 is 0. The van der Waals surface area contributed by atoms with Crippen LogP contribution in [0.15, 0.2) is 12.1 Å². The number of hydrogen-bond donors (Lipinski definition) is 1. The smallest absolute Gasteiger partial charge is 0.305 e. The van der Waals surface area contributed by atoms with Crippen molar-refractivity contribution in [2.45, 2.75) is 84.5 Å². The molecule has 0 heterocycles. The number of phenols is 1. The lowest BCUT2D eigenvalue weighted by atomic mass is 10.0.